The van der Waals surface area contributed by atoms with Crippen LogP contribution in [0.3, 0.4) is 0 Å². The van der Waals surface area contributed by atoms with Crippen molar-refractivity contribution in [2.45, 2.75) is 32.8 Å². The number of carbonyl (C=O) groups is 1. The highest BCUT2D eigenvalue weighted by atomic mass is 127. The number of nitrogens with one attached hydrogen (secondary N) is 1. The molecule has 0 spiro atoms. The minimum Gasteiger partial charge on any atom is -0.388 e. The van der Waals surface area contributed by atoms with E-state index in [0.717, 1.165) is 28.2 Å². The maximum absolute atomic E-state index is 12.0. The van der Waals surface area contributed by atoms with E-state index in [1.165, 1.54) is 3.57 Å². The number of amides is 1. The van der Waals surface area contributed by atoms with Crippen LogP contribution >= 0.6 is 22.6 Å². The largest absolute Gasteiger partial charge is 0.388 e. The molecule has 0 aliphatic heterocycles. The average molecular weight is 501 g/mol. The number of halogens is 1. The van der Waals surface area contributed by atoms with Gasteiger partial charge in [-0.15, -0.1) is 0 Å². The average Bonchev–Trinajstić information content (AvgIpc) is 3.01. The van der Waals surface area contributed by atoms with Crippen molar-refractivity contribution in [2.75, 3.05) is 0 Å². The monoisotopic (exact) mass is 501 g/mol. The summed E-state index contributed by atoms with van der Waals surface area (Å²) in [6.07, 6.45) is 1.57. The molecule has 5 nitrogen and oxygen atoms in total. The fourth-order valence-electron chi connectivity index (χ4n) is 3.25. The summed E-state index contributed by atoms with van der Waals surface area (Å²) in [7, 11) is 0. The molecule has 0 radical (unpaired) electrons. The van der Waals surface area contributed by atoms with Gasteiger partial charge < -0.3 is 9.67 Å². The number of hydrogen-bond donors (Lipinski definition) is 2. The van der Waals surface area contributed by atoms with E-state index in [4.69, 9.17) is 0 Å². The van der Waals surface area contributed by atoms with E-state index in [2.05, 4.69) is 62.0 Å². The Morgan fingerprint density at radius 2 is 1.86 bits per heavy atom. The summed E-state index contributed by atoms with van der Waals surface area (Å²) < 4.78 is 3.35. The Hall–Kier alpha value is -2.45. The molecule has 29 heavy (non-hydrogen) atoms. The van der Waals surface area contributed by atoms with Crippen molar-refractivity contribution in [1.29, 1.82) is 0 Å². The van der Waals surface area contributed by atoms with Crippen LogP contribution < -0.4 is 5.43 Å². The second kappa shape index (κ2) is 9.84. The van der Waals surface area contributed by atoms with Crippen LogP contribution in [0.2, 0.25) is 0 Å². The highest BCUT2D eigenvalue weighted by Crippen LogP contribution is 2.21. The molecule has 1 heterocycles. The fraction of sp³-hybridized carbons (Fsp3) is 0.217. The molecule has 2 N–H and O–H groups in total. The van der Waals surface area contributed by atoms with E-state index in [0.29, 0.717) is 6.42 Å². The Bertz CT molecular complexity index is 995. The Labute approximate surface area is 184 Å². The first-order valence-corrected chi connectivity index (χ1v) is 10.5. The summed E-state index contributed by atoms with van der Waals surface area (Å²) >= 11 is 2.29. The Balaban J connectivity index is 1.58. The lowest BCUT2D eigenvalue weighted by molar-refractivity contribution is -0.121. The molecule has 1 aromatic heterocycles. The zero-order valence-electron chi connectivity index (χ0n) is 16.5. The second-order valence-corrected chi connectivity index (χ2v) is 8.14. The van der Waals surface area contributed by atoms with E-state index in [-0.39, 0.29) is 12.3 Å². The number of benzene rings is 2. The van der Waals surface area contributed by atoms with Crippen molar-refractivity contribution in [3.05, 3.63) is 86.7 Å². The summed E-state index contributed by atoms with van der Waals surface area (Å²) in [6.45, 7) is 4.08. The Morgan fingerprint density at radius 3 is 2.55 bits per heavy atom. The van der Waals surface area contributed by atoms with Gasteiger partial charge in [-0.25, -0.2) is 5.43 Å². The van der Waals surface area contributed by atoms with Crippen LogP contribution in [-0.4, -0.2) is 21.8 Å². The highest BCUT2D eigenvalue weighted by Gasteiger charge is 2.11. The zero-order chi connectivity index (χ0) is 20.8. The van der Waals surface area contributed by atoms with E-state index in [1.54, 1.807) is 6.21 Å². The van der Waals surface area contributed by atoms with Crippen molar-refractivity contribution in [2.24, 2.45) is 5.10 Å². The molecule has 3 aromatic rings. The van der Waals surface area contributed by atoms with E-state index in [9.17, 15) is 9.90 Å². The van der Waals surface area contributed by atoms with E-state index >= 15 is 0 Å². The molecule has 0 aliphatic rings. The number of carbonyl (C=O) groups excluding carboxylic acids is 1. The Kier molecular flexibility index (Phi) is 7.22. The molecular formula is C23H24IN3O2. The molecule has 0 saturated heterocycles. The third-order valence-electron chi connectivity index (χ3n) is 4.78. The lowest BCUT2D eigenvalue weighted by Crippen LogP contribution is -2.18. The molecule has 0 unspecified atom stereocenters. The number of hydrazone groups is 1. The molecule has 0 aliphatic carbocycles. The topological polar surface area (TPSA) is 66.6 Å². The third-order valence-corrected chi connectivity index (χ3v) is 5.50. The maximum atomic E-state index is 12.0. The first kappa shape index (κ1) is 21.3. The minimum atomic E-state index is -0.654. The van der Waals surface area contributed by atoms with Gasteiger partial charge in [0, 0.05) is 32.6 Å². The standard InChI is InChI=1S/C23H24IN3O2/c1-16-14-19(17(2)27(16)21-10-8-20(24)9-11-21)15-25-26-23(29)13-12-22(28)18-6-4-3-5-7-18/h3-11,14-15,22,28H,12-13H2,1-2H3,(H,26,29)/b25-15-/t22-/m1/s1. The first-order chi connectivity index (χ1) is 14.0. The maximum Gasteiger partial charge on any atom is 0.240 e. The van der Waals surface area contributed by atoms with Crippen molar-refractivity contribution in [3.8, 4) is 5.69 Å². The second-order valence-electron chi connectivity index (χ2n) is 6.90. The van der Waals surface area contributed by atoms with Gasteiger partial charge in [-0.05, 0) is 78.8 Å². The molecule has 150 valence electrons. The third kappa shape index (κ3) is 5.55. The van der Waals surface area contributed by atoms with Gasteiger partial charge in [0.15, 0.2) is 0 Å². The summed E-state index contributed by atoms with van der Waals surface area (Å²) in [5.74, 6) is -0.220. The van der Waals surface area contributed by atoms with Gasteiger partial charge in [0.05, 0.1) is 12.3 Å². The van der Waals surface area contributed by atoms with Crippen molar-refractivity contribution in [1.82, 2.24) is 9.99 Å². The van der Waals surface area contributed by atoms with Crippen molar-refractivity contribution < 1.29 is 9.90 Å². The van der Waals surface area contributed by atoms with Crippen LogP contribution in [0, 0.1) is 17.4 Å². The Morgan fingerprint density at radius 1 is 1.17 bits per heavy atom. The predicted octanol–water partition coefficient (Wildman–Crippen LogP) is 4.66. The lowest BCUT2D eigenvalue weighted by atomic mass is 10.1. The van der Waals surface area contributed by atoms with Crippen LogP contribution in [0.4, 0.5) is 0 Å². The number of rotatable bonds is 7. The van der Waals surface area contributed by atoms with Crippen LogP contribution in [0.25, 0.3) is 5.69 Å². The van der Waals surface area contributed by atoms with Crippen LogP contribution in [-0.2, 0) is 4.79 Å². The van der Waals surface area contributed by atoms with Gasteiger partial charge in [0.2, 0.25) is 5.91 Å². The summed E-state index contributed by atoms with van der Waals surface area (Å²) in [5, 5.41) is 14.2. The molecule has 0 fully saturated rings. The van der Waals surface area contributed by atoms with Crippen LogP contribution in [0.1, 0.15) is 41.5 Å². The van der Waals surface area contributed by atoms with Crippen molar-refractivity contribution in [3.63, 3.8) is 0 Å². The van der Waals surface area contributed by atoms with Gasteiger partial charge in [-0.2, -0.15) is 5.10 Å². The SMILES string of the molecule is Cc1cc(/C=N\NC(=O)CC[C@@H](O)c2ccccc2)c(C)n1-c1ccc(I)cc1. The smallest absolute Gasteiger partial charge is 0.240 e. The number of aliphatic hydroxyl groups excluding tert-OH is 1. The zero-order valence-corrected chi connectivity index (χ0v) is 18.6. The summed E-state index contributed by atoms with van der Waals surface area (Å²) in [6, 6.07) is 19.7. The summed E-state index contributed by atoms with van der Waals surface area (Å²) in [4.78, 5) is 12.0. The quantitative estimate of drug-likeness (QED) is 0.281. The van der Waals surface area contributed by atoms with Gasteiger partial charge >= 0.3 is 0 Å². The first-order valence-electron chi connectivity index (χ1n) is 9.45. The molecule has 2 aromatic carbocycles. The molecular weight excluding hydrogens is 477 g/mol. The van der Waals surface area contributed by atoms with E-state index < -0.39 is 6.10 Å². The number of aliphatic hydroxyl groups is 1. The highest BCUT2D eigenvalue weighted by molar-refractivity contribution is 14.1. The molecule has 3 rings (SSSR count). The molecule has 0 bridgehead atoms. The van der Waals surface area contributed by atoms with Gasteiger partial charge in [0.1, 0.15) is 0 Å². The fourth-order valence-corrected chi connectivity index (χ4v) is 3.60. The predicted molar refractivity (Wildman–Crippen MR) is 124 cm³/mol. The molecule has 1 amide bonds. The van der Waals surface area contributed by atoms with Crippen LogP contribution in [0.5, 0.6) is 0 Å². The molecule has 0 saturated carbocycles. The van der Waals surface area contributed by atoms with E-state index in [1.807, 2.05) is 50.2 Å². The number of hydrogen-bond acceptors (Lipinski definition) is 3. The molecule has 1 atom stereocenters. The number of nitrogens with zero attached hydrogens (tertiary/aromatic N) is 2. The van der Waals surface area contributed by atoms with Crippen molar-refractivity contribution >= 4 is 34.7 Å². The number of aromatic nitrogens is 1. The lowest BCUT2D eigenvalue weighted by Gasteiger charge is -2.10. The minimum absolute atomic E-state index is 0.203. The van der Waals surface area contributed by atoms with Gasteiger partial charge in [-0.1, -0.05) is 30.3 Å². The van der Waals surface area contributed by atoms with Gasteiger partial charge in [0.25, 0.3) is 0 Å². The number of aryl methyl sites for hydroxylation is 1. The summed E-state index contributed by atoms with van der Waals surface area (Å²) in [5.41, 5.74) is 7.56. The normalized spacial score (nSPS) is 12.3. The molecule has 6 heteroatoms. The van der Waals surface area contributed by atoms with Gasteiger partial charge in [-0.3, -0.25) is 4.79 Å². The van der Waals surface area contributed by atoms with Crippen LogP contribution in [0.15, 0.2) is 65.8 Å².